The summed E-state index contributed by atoms with van der Waals surface area (Å²) in [6.45, 7) is 2.35. The van der Waals surface area contributed by atoms with Crippen LogP contribution in [0.3, 0.4) is 0 Å². The van der Waals surface area contributed by atoms with Gasteiger partial charge in [0, 0.05) is 19.6 Å². The number of halogens is 1. The standard InChI is InChI=1S/C18H29N3O4S.ClH/c1-19-10-7-11-20-18(22)16-14-15(8-9-17(16)25-2)26(23,24)21-12-5-3-4-6-13-21;/h8-9,14,19H,3-7,10-13H2,1-2H3,(H,20,22);1H. The molecule has 0 unspecified atom stereocenters. The molecule has 7 nitrogen and oxygen atoms in total. The minimum absolute atomic E-state index is 0. The normalized spacial score (nSPS) is 15.5. The second kappa shape index (κ2) is 11.5. The lowest BCUT2D eigenvalue weighted by molar-refractivity contribution is 0.0950. The number of hydrogen-bond donors (Lipinski definition) is 2. The largest absolute Gasteiger partial charge is 0.496 e. The van der Waals surface area contributed by atoms with Crippen molar-refractivity contribution in [3.63, 3.8) is 0 Å². The Morgan fingerprint density at radius 3 is 2.41 bits per heavy atom. The highest BCUT2D eigenvalue weighted by Crippen LogP contribution is 2.26. The number of benzene rings is 1. The molecule has 0 bridgehead atoms. The highest BCUT2D eigenvalue weighted by atomic mass is 35.5. The molecule has 1 heterocycles. The van der Waals surface area contributed by atoms with Gasteiger partial charge >= 0.3 is 0 Å². The van der Waals surface area contributed by atoms with Crippen LogP contribution in [-0.4, -0.2) is 59.0 Å². The lowest BCUT2D eigenvalue weighted by Gasteiger charge is -2.20. The van der Waals surface area contributed by atoms with Crippen molar-refractivity contribution in [1.29, 1.82) is 0 Å². The van der Waals surface area contributed by atoms with E-state index in [-0.39, 0.29) is 28.8 Å². The summed E-state index contributed by atoms with van der Waals surface area (Å²) in [7, 11) is -0.290. The molecular weight excluding hydrogens is 390 g/mol. The van der Waals surface area contributed by atoms with Crippen LogP contribution in [-0.2, 0) is 10.0 Å². The fourth-order valence-corrected chi connectivity index (χ4v) is 4.56. The molecule has 1 amide bonds. The molecule has 1 saturated heterocycles. The Bertz CT molecular complexity index is 705. The second-order valence-electron chi connectivity index (χ2n) is 6.39. The maximum absolute atomic E-state index is 13.0. The van der Waals surface area contributed by atoms with E-state index in [1.165, 1.54) is 23.5 Å². The zero-order valence-corrected chi connectivity index (χ0v) is 17.6. The Labute approximate surface area is 168 Å². The van der Waals surface area contributed by atoms with Crippen LogP contribution in [0, 0.1) is 0 Å². The van der Waals surface area contributed by atoms with Gasteiger partial charge in [-0.15, -0.1) is 12.4 Å². The van der Waals surface area contributed by atoms with Crippen LogP contribution in [0.15, 0.2) is 23.1 Å². The predicted molar refractivity (Wildman–Crippen MR) is 108 cm³/mol. The summed E-state index contributed by atoms with van der Waals surface area (Å²) in [4.78, 5) is 12.6. The van der Waals surface area contributed by atoms with E-state index in [0.717, 1.165) is 38.6 Å². The number of hydrogen-bond acceptors (Lipinski definition) is 5. The monoisotopic (exact) mass is 419 g/mol. The summed E-state index contributed by atoms with van der Waals surface area (Å²) in [5, 5.41) is 5.82. The molecule has 1 aromatic carbocycles. The minimum atomic E-state index is -3.61. The average molecular weight is 420 g/mol. The summed E-state index contributed by atoms with van der Waals surface area (Å²) in [5.74, 6) is 0.0387. The van der Waals surface area contributed by atoms with Crippen LogP contribution in [0.2, 0.25) is 0 Å². The van der Waals surface area contributed by atoms with Crippen molar-refractivity contribution in [3.05, 3.63) is 23.8 Å². The third-order valence-electron chi connectivity index (χ3n) is 4.51. The lowest BCUT2D eigenvalue weighted by Crippen LogP contribution is -2.32. The highest BCUT2D eigenvalue weighted by molar-refractivity contribution is 7.89. The van der Waals surface area contributed by atoms with Crippen LogP contribution < -0.4 is 15.4 Å². The molecule has 0 aliphatic carbocycles. The zero-order chi connectivity index (χ0) is 19.0. The van der Waals surface area contributed by atoms with E-state index in [1.807, 2.05) is 7.05 Å². The van der Waals surface area contributed by atoms with Crippen molar-refractivity contribution < 1.29 is 17.9 Å². The molecule has 0 aromatic heterocycles. The average Bonchev–Trinajstić information content (AvgIpc) is 2.94. The summed E-state index contributed by atoms with van der Waals surface area (Å²) < 4.78 is 32.7. The number of rotatable bonds is 8. The van der Waals surface area contributed by atoms with E-state index in [0.29, 0.717) is 25.4 Å². The molecule has 1 fully saturated rings. The highest BCUT2D eigenvalue weighted by Gasteiger charge is 2.27. The first-order chi connectivity index (χ1) is 12.5. The Balaban J connectivity index is 0.00000364. The number of sulfonamides is 1. The second-order valence-corrected chi connectivity index (χ2v) is 8.33. The summed E-state index contributed by atoms with van der Waals surface area (Å²) in [5.41, 5.74) is 0.243. The van der Waals surface area contributed by atoms with Crippen molar-refractivity contribution >= 4 is 28.3 Å². The van der Waals surface area contributed by atoms with E-state index in [1.54, 1.807) is 6.07 Å². The van der Waals surface area contributed by atoms with Gasteiger partial charge in [-0.3, -0.25) is 4.79 Å². The molecule has 154 valence electrons. The molecule has 1 aliphatic heterocycles. The third-order valence-corrected chi connectivity index (χ3v) is 6.40. The van der Waals surface area contributed by atoms with E-state index in [4.69, 9.17) is 4.74 Å². The first-order valence-corrected chi connectivity index (χ1v) is 10.6. The van der Waals surface area contributed by atoms with Crippen molar-refractivity contribution in [1.82, 2.24) is 14.9 Å². The predicted octanol–water partition coefficient (Wildman–Crippen LogP) is 2.02. The van der Waals surface area contributed by atoms with E-state index < -0.39 is 10.0 Å². The fraction of sp³-hybridized carbons (Fsp3) is 0.611. The summed E-state index contributed by atoms with van der Waals surface area (Å²) in [6, 6.07) is 4.48. The SMILES string of the molecule is CNCCCNC(=O)c1cc(S(=O)(=O)N2CCCCCC2)ccc1OC.Cl. The Hall–Kier alpha value is -1.35. The molecular formula is C18H30ClN3O4S. The number of nitrogens with zero attached hydrogens (tertiary/aromatic N) is 1. The van der Waals surface area contributed by atoms with Crippen molar-refractivity contribution in [2.75, 3.05) is 40.3 Å². The van der Waals surface area contributed by atoms with Crippen LogP contribution in [0.25, 0.3) is 0 Å². The van der Waals surface area contributed by atoms with Gasteiger partial charge < -0.3 is 15.4 Å². The van der Waals surface area contributed by atoms with Gasteiger partial charge in [-0.1, -0.05) is 12.8 Å². The topological polar surface area (TPSA) is 87.7 Å². The van der Waals surface area contributed by atoms with Gasteiger partial charge in [0.2, 0.25) is 10.0 Å². The molecule has 2 N–H and O–H groups in total. The van der Waals surface area contributed by atoms with Crippen molar-refractivity contribution in [2.45, 2.75) is 37.0 Å². The van der Waals surface area contributed by atoms with E-state index in [2.05, 4.69) is 10.6 Å². The smallest absolute Gasteiger partial charge is 0.255 e. The number of nitrogens with one attached hydrogen (secondary N) is 2. The molecule has 2 rings (SSSR count). The van der Waals surface area contributed by atoms with Crippen molar-refractivity contribution in [2.24, 2.45) is 0 Å². The van der Waals surface area contributed by atoms with Gasteiger partial charge in [-0.2, -0.15) is 4.31 Å². The maximum Gasteiger partial charge on any atom is 0.255 e. The van der Waals surface area contributed by atoms with Gasteiger partial charge in [0.05, 0.1) is 17.6 Å². The van der Waals surface area contributed by atoms with Crippen molar-refractivity contribution in [3.8, 4) is 5.75 Å². The van der Waals surface area contributed by atoms with Gasteiger partial charge in [0.25, 0.3) is 5.91 Å². The van der Waals surface area contributed by atoms with Gasteiger partial charge in [-0.05, 0) is 51.1 Å². The Kier molecular flexibility index (Phi) is 10.1. The first kappa shape index (κ1) is 23.7. The van der Waals surface area contributed by atoms with Crippen LogP contribution in [0.1, 0.15) is 42.5 Å². The molecule has 0 spiro atoms. The minimum Gasteiger partial charge on any atom is -0.496 e. The van der Waals surface area contributed by atoms with Crippen LogP contribution >= 0.6 is 12.4 Å². The molecule has 0 saturated carbocycles. The molecule has 0 radical (unpaired) electrons. The molecule has 9 heteroatoms. The van der Waals surface area contributed by atoms with E-state index >= 15 is 0 Å². The number of ether oxygens (including phenoxy) is 1. The first-order valence-electron chi connectivity index (χ1n) is 9.11. The fourth-order valence-electron chi connectivity index (χ4n) is 3.02. The van der Waals surface area contributed by atoms with Crippen LogP contribution in [0.5, 0.6) is 5.75 Å². The number of carbonyl (C=O) groups excluding carboxylic acids is 1. The number of methoxy groups -OCH3 is 1. The molecule has 1 aromatic rings. The van der Waals surface area contributed by atoms with Gasteiger partial charge in [0.15, 0.2) is 0 Å². The number of amides is 1. The molecule has 27 heavy (non-hydrogen) atoms. The molecule has 0 atom stereocenters. The quantitative estimate of drug-likeness (QED) is 0.629. The van der Waals surface area contributed by atoms with Gasteiger partial charge in [-0.25, -0.2) is 8.42 Å². The zero-order valence-electron chi connectivity index (χ0n) is 16.0. The summed E-state index contributed by atoms with van der Waals surface area (Å²) in [6.07, 6.45) is 4.63. The van der Waals surface area contributed by atoms with Gasteiger partial charge in [0.1, 0.15) is 5.75 Å². The Morgan fingerprint density at radius 1 is 1.15 bits per heavy atom. The summed E-state index contributed by atoms with van der Waals surface area (Å²) >= 11 is 0. The maximum atomic E-state index is 13.0. The lowest BCUT2D eigenvalue weighted by atomic mass is 10.2. The van der Waals surface area contributed by atoms with E-state index in [9.17, 15) is 13.2 Å². The third kappa shape index (κ3) is 6.34. The number of carbonyl (C=O) groups is 1. The van der Waals surface area contributed by atoms with Crippen LogP contribution in [0.4, 0.5) is 0 Å². The molecule has 1 aliphatic rings. The Morgan fingerprint density at radius 2 is 1.81 bits per heavy atom.